The van der Waals surface area contributed by atoms with Crippen molar-refractivity contribution in [1.82, 2.24) is 14.6 Å². The number of rotatable bonds is 2. The van der Waals surface area contributed by atoms with Crippen LogP contribution in [0.5, 0.6) is 0 Å². The van der Waals surface area contributed by atoms with Gasteiger partial charge in [0.25, 0.3) is 5.56 Å². The van der Waals surface area contributed by atoms with Crippen LogP contribution in [0.4, 0.5) is 0 Å². The Labute approximate surface area is 89.5 Å². The first-order valence-electron chi connectivity index (χ1n) is 5.01. The lowest BCUT2D eigenvalue weighted by atomic mass is 10.2. The summed E-state index contributed by atoms with van der Waals surface area (Å²) in [4.78, 5) is 26.8. The highest BCUT2D eigenvalue weighted by Gasteiger charge is 2.27. The molecule has 0 amide bonds. The van der Waals surface area contributed by atoms with Crippen molar-refractivity contribution in [2.45, 2.75) is 18.8 Å². The van der Waals surface area contributed by atoms with E-state index in [-0.39, 0.29) is 16.8 Å². The molecule has 1 saturated carbocycles. The number of hydrogen-bond acceptors (Lipinski definition) is 3. The largest absolute Gasteiger partial charge is 0.477 e. The summed E-state index contributed by atoms with van der Waals surface area (Å²) in [6, 6.07) is 1.47. The SMILES string of the molecule is O=C(O)c1c[nH]n2c(=O)cc(C3CC3)nc12. The molecule has 16 heavy (non-hydrogen) atoms. The summed E-state index contributed by atoms with van der Waals surface area (Å²) < 4.78 is 1.15. The second kappa shape index (κ2) is 2.94. The zero-order valence-corrected chi connectivity index (χ0v) is 8.30. The summed E-state index contributed by atoms with van der Waals surface area (Å²) in [5.41, 5.74) is 0.660. The quantitative estimate of drug-likeness (QED) is 0.774. The van der Waals surface area contributed by atoms with Gasteiger partial charge in [-0.15, -0.1) is 0 Å². The minimum atomic E-state index is -1.08. The van der Waals surface area contributed by atoms with Crippen LogP contribution in [-0.2, 0) is 0 Å². The van der Waals surface area contributed by atoms with Crippen LogP contribution in [0.1, 0.15) is 34.8 Å². The Morgan fingerprint density at radius 2 is 2.31 bits per heavy atom. The molecule has 0 bridgehead atoms. The molecule has 1 aliphatic rings. The number of aromatic carboxylic acids is 1. The molecule has 82 valence electrons. The lowest BCUT2D eigenvalue weighted by Gasteiger charge is -1.98. The Morgan fingerprint density at radius 3 is 2.94 bits per heavy atom. The summed E-state index contributed by atoms with van der Waals surface area (Å²) in [7, 11) is 0. The van der Waals surface area contributed by atoms with Crippen LogP contribution in [0.2, 0.25) is 0 Å². The number of aromatic amines is 1. The zero-order valence-electron chi connectivity index (χ0n) is 8.30. The lowest BCUT2D eigenvalue weighted by Crippen LogP contribution is -2.15. The van der Waals surface area contributed by atoms with Gasteiger partial charge in [-0.25, -0.2) is 14.3 Å². The molecular weight excluding hydrogens is 210 g/mol. The van der Waals surface area contributed by atoms with Crippen LogP contribution < -0.4 is 5.56 Å². The molecule has 1 aliphatic carbocycles. The molecule has 6 heteroatoms. The number of nitrogens with zero attached hydrogens (tertiary/aromatic N) is 2. The van der Waals surface area contributed by atoms with Gasteiger partial charge in [-0.3, -0.25) is 9.89 Å². The topological polar surface area (TPSA) is 87.5 Å². The number of aromatic nitrogens is 3. The van der Waals surface area contributed by atoms with Gasteiger partial charge in [0.1, 0.15) is 5.56 Å². The van der Waals surface area contributed by atoms with Crippen molar-refractivity contribution in [3.8, 4) is 0 Å². The number of nitrogens with one attached hydrogen (secondary N) is 1. The highest BCUT2D eigenvalue weighted by molar-refractivity contribution is 5.94. The van der Waals surface area contributed by atoms with Crippen LogP contribution in [0, 0.1) is 0 Å². The Bertz CT molecular complexity index is 636. The zero-order chi connectivity index (χ0) is 11.3. The van der Waals surface area contributed by atoms with Crippen molar-refractivity contribution in [3.05, 3.63) is 33.9 Å². The third kappa shape index (κ3) is 1.23. The summed E-state index contributed by atoms with van der Waals surface area (Å²) in [6.07, 6.45) is 3.33. The number of fused-ring (bicyclic) bond motifs is 1. The first-order chi connectivity index (χ1) is 7.66. The van der Waals surface area contributed by atoms with Crippen LogP contribution in [0.15, 0.2) is 17.1 Å². The van der Waals surface area contributed by atoms with E-state index in [1.165, 1.54) is 12.3 Å². The lowest BCUT2D eigenvalue weighted by molar-refractivity contribution is 0.0699. The van der Waals surface area contributed by atoms with Gasteiger partial charge >= 0.3 is 5.97 Å². The first-order valence-corrected chi connectivity index (χ1v) is 5.01. The number of carboxylic acid groups (broad SMARTS) is 1. The summed E-state index contributed by atoms with van der Waals surface area (Å²) >= 11 is 0. The van der Waals surface area contributed by atoms with Crippen molar-refractivity contribution >= 4 is 11.6 Å². The molecule has 2 aromatic rings. The molecule has 0 aliphatic heterocycles. The third-order valence-electron chi connectivity index (χ3n) is 2.74. The second-order valence-electron chi connectivity index (χ2n) is 3.94. The molecule has 0 atom stereocenters. The van der Waals surface area contributed by atoms with E-state index >= 15 is 0 Å². The Hall–Kier alpha value is -2.11. The summed E-state index contributed by atoms with van der Waals surface area (Å²) in [5, 5.41) is 11.5. The fraction of sp³-hybridized carbons (Fsp3) is 0.300. The van der Waals surface area contributed by atoms with E-state index in [2.05, 4.69) is 10.1 Å². The third-order valence-corrected chi connectivity index (χ3v) is 2.74. The molecule has 2 N–H and O–H groups in total. The van der Waals surface area contributed by atoms with Gasteiger partial charge in [0.05, 0.1) is 5.69 Å². The van der Waals surface area contributed by atoms with Gasteiger partial charge in [-0.1, -0.05) is 0 Å². The molecule has 0 radical (unpaired) electrons. The van der Waals surface area contributed by atoms with Crippen molar-refractivity contribution in [3.63, 3.8) is 0 Å². The maximum Gasteiger partial charge on any atom is 0.341 e. The van der Waals surface area contributed by atoms with Crippen LogP contribution in [-0.4, -0.2) is 25.7 Å². The predicted molar refractivity (Wildman–Crippen MR) is 54.7 cm³/mol. The number of H-pyrrole nitrogens is 1. The molecule has 0 aromatic carbocycles. The van der Waals surface area contributed by atoms with Crippen molar-refractivity contribution in [1.29, 1.82) is 0 Å². The highest BCUT2D eigenvalue weighted by Crippen LogP contribution is 2.38. The van der Waals surface area contributed by atoms with Gasteiger partial charge in [-0.2, -0.15) is 0 Å². The molecule has 0 spiro atoms. The highest BCUT2D eigenvalue weighted by atomic mass is 16.4. The molecule has 0 unspecified atom stereocenters. The minimum Gasteiger partial charge on any atom is -0.477 e. The monoisotopic (exact) mass is 219 g/mol. The Kier molecular flexibility index (Phi) is 1.68. The van der Waals surface area contributed by atoms with Crippen molar-refractivity contribution in [2.75, 3.05) is 0 Å². The maximum atomic E-state index is 11.7. The smallest absolute Gasteiger partial charge is 0.341 e. The van der Waals surface area contributed by atoms with Gasteiger partial charge in [0, 0.05) is 18.2 Å². The number of carboxylic acids is 1. The molecule has 0 saturated heterocycles. The second-order valence-corrected chi connectivity index (χ2v) is 3.94. The van der Waals surface area contributed by atoms with Gasteiger partial charge in [0.15, 0.2) is 5.65 Å². The summed E-state index contributed by atoms with van der Waals surface area (Å²) in [6.45, 7) is 0. The fourth-order valence-corrected chi connectivity index (χ4v) is 1.74. The van der Waals surface area contributed by atoms with E-state index in [0.29, 0.717) is 11.6 Å². The molecular formula is C10H9N3O3. The van der Waals surface area contributed by atoms with Gasteiger partial charge < -0.3 is 5.11 Å². The van der Waals surface area contributed by atoms with Crippen LogP contribution in [0.25, 0.3) is 5.65 Å². The van der Waals surface area contributed by atoms with E-state index in [1.807, 2.05) is 0 Å². The standard InChI is InChI=1S/C10H9N3O3/c14-8-3-7(5-1-2-5)12-9-6(10(15)16)4-11-13(8)9/h3-5,11H,1-2H2,(H,15,16). The van der Waals surface area contributed by atoms with E-state index in [9.17, 15) is 9.59 Å². The molecule has 6 nitrogen and oxygen atoms in total. The number of carbonyl (C=O) groups is 1. The van der Waals surface area contributed by atoms with Gasteiger partial charge in [-0.05, 0) is 12.8 Å². The minimum absolute atomic E-state index is 0.0274. The van der Waals surface area contributed by atoms with Crippen molar-refractivity contribution in [2.24, 2.45) is 0 Å². The van der Waals surface area contributed by atoms with E-state index in [4.69, 9.17) is 5.11 Å². The van der Waals surface area contributed by atoms with Crippen LogP contribution >= 0.6 is 0 Å². The van der Waals surface area contributed by atoms with E-state index in [0.717, 1.165) is 17.4 Å². The first kappa shape index (κ1) is 9.14. The van der Waals surface area contributed by atoms with Gasteiger partial charge in [0.2, 0.25) is 0 Å². The molecule has 2 heterocycles. The summed E-state index contributed by atoms with van der Waals surface area (Å²) in [5.74, 6) is -0.757. The predicted octanol–water partition coefficient (Wildman–Crippen LogP) is 0.598. The Balaban J connectivity index is 2.32. The average molecular weight is 219 g/mol. The maximum absolute atomic E-state index is 11.7. The molecule has 3 rings (SSSR count). The molecule has 1 fully saturated rings. The van der Waals surface area contributed by atoms with E-state index < -0.39 is 5.97 Å². The molecule has 2 aromatic heterocycles. The fourth-order valence-electron chi connectivity index (χ4n) is 1.74. The average Bonchev–Trinajstić information content (AvgIpc) is 2.98. The van der Waals surface area contributed by atoms with Crippen LogP contribution in [0.3, 0.4) is 0 Å². The number of hydrogen-bond donors (Lipinski definition) is 2. The van der Waals surface area contributed by atoms with E-state index in [1.54, 1.807) is 0 Å². The van der Waals surface area contributed by atoms with Crippen molar-refractivity contribution < 1.29 is 9.90 Å². The normalized spacial score (nSPS) is 15.5. The Morgan fingerprint density at radius 1 is 1.56 bits per heavy atom.